The summed E-state index contributed by atoms with van der Waals surface area (Å²) in [5.41, 5.74) is 4.40. The molecule has 1 fully saturated rings. The minimum absolute atomic E-state index is 0.250. The average Bonchev–Trinajstić information content (AvgIpc) is 3.01. The summed E-state index contributed by atoms with van der Waals surface area (Å²) in [6.45, 7) is 0.451. The fraction of sp³-hybridized carbons (Fsp3) is 0.476. The van der Waals surface area contributed by atoms with E-state index in [-0.39, 0.29) is 5.82 Å². The lowest BCUT2D eigenvalue weighted by Gasteiger charge is -2.22. The Kier molecular flexibility index (Phi) is 4.82. The van der Waals surface area contributed by atoms with E-state index >= 15 is 0 Å². The van der Waals surface area contributed by atoms with Crippen LogP contribution in [0.15, 0.2) is 30.5 Å². The van der Waals surface area contributed by atoms with Gasteiger partial charge in [0.05, 0.1) is 24.5 Å². The Balaban J connectivity index is 1.53. The first-order valence-corrected chi connectivity index (χ1v) is 9.27. The van der Waals surface area contributed by atoms with Gasteiger partial charge in [-0.25, -0.2) is 4.39 Å². The number of benzene rings is 1. The molecule has 4 rings (SSSR count). The van der Waals surface area contributed by atoms with Crippen LogP contribution in [0.4, 0.5) is 4.39 Å². The first-order chi connectivity index (χ1) is 12.2. The van der Waals surface area contributed by atoms with Gasteiger partial charge in [0.1, 0.15) is 5.82 Å². The maximum Gasteiger partial charge on any atom is 0.124 e. The Hall–Kier alpha value is -1.78. The number of aliphatic hydroxyl groups excluding tert-OH is 1. The van der Waals surface area contributed by atoms with Gasteiger partial charge in [-0.2, -0.15) is 0 Å². The lowest BCUT2D eigenvalue weighted by atomic mass is 9.97. The van der Waals surface area contributed by atoms with Crippen molar-refractivity contribution >= 4 is 0 Å². The molecule has 2 aromatic rings. The van der Waals surface area contributed by atoms with Crippen LogP contribution in [0.2, 0.25) is 0 Å². The van der Waals surface area contributed by atoms with Crippen LogP contribution in [0.3, 0.4) is 0 Å². The number of rotatable bonds is 4. The normalized spacial score (nSPS) is 20.6. The third-order valence-electron chi connectivity index (χ3n) is 5.33. The summed E-state index contributed by atoms with van der Waals surface area (Å²) >= 11 is 0. The van der Waals surface area contributed by atoms with Crippen LogP contribution in [-0.4, -0.2) is 16.2 Å². The van der Waals surface area contributed by atoms with E-state index in [1.807, 2.05) is 12.1 Å². The van der Waals surface area contributed by atoms with Crippen molar-refractivity contribution in [1.82, 2.24) is 4.98 Å². The highest BCUT2D eigenvalue weighted by Gasteiger charge is 2.22. The molecule has 1 heterocycles. The molecule has 4 heteroatoms. The van der Waals surface area contributed by atoms with Crippen molar-refractivity contribution in [3.05, 3.63) is 53.1 Å². The van der Waals surface area contributed by atoms with Crippen molar-refractivity contribution in [2.75, 3.05) is 0 Å². The lowest BCUT2D eigenvalue weighted by molar-refractivity contribution is 0.0168. The van der Waals surface area contributed by atoms with E-state index in [4.69, 9.17) is 4.74 Å². The summed E-state index contributed by atoms with van der Waals surface area (Å²) in [7, 11) is 0. The molecular formula is C21H24FNO2. The van der Waals surface area contributed by atoms with Gasteiger partial charge in [-0.15, -0.1) is 0 Å². The highest BCUT2D eigenvalue weighted by atomic mass is 19.1. The molecule has 0 aliphatic heterocycles. The van der Waals surface area contributed by atoms with E-state index in [0.717, 1.165) is 53.6 Å². The molecule has 2 aliphatic rings. The molecule has 0 bridgehead atoms. The molecule has 0 saturated heterocycles. The maximum absolute atomic E-state index is 14.1. The number of ether oxygens (including phenoxy) is 1. The van der Waals surface area contributed by atoms with E-state index in [1.54, 1.807) is 18.3 Å². The summed E-state index contributed by atoms with van der Waals surface area (Å²) in [6.07, 6.45) is 9.09. The van der Waals surface area contributed by atoms with Crippen LogP contribution < -0.4 is 0 Å². The Morgan fingerprint density at radius 2 is 1.88 bits per heavy atom. The van der Waals surface area contributed by atoms with Gasteiger partial charge in [-0.05, 0) is 66.6 Å². The number of nitrogens with zero attached hydrogens (tertiary/aromatic N) is 1. The van der Waals surface area contributed by atoms with Crippen molar-refractivity contribution in [2.45, 2.75) is 63.8 Å². The van der Waals surface area contributed by atoms with E-state index < -0.39 is 6.10 Å². The van der Waals surface area contributed by atoms with Gasteiger partial charge >= 0.3 is 0 Å². The minimum Gasteiger partial charge on any atom is -0.387 e. The minimum atomic E-state index is -0.462. The van der Waals surface area contributed by atoms with E-state index in [2.05, 4.69) is 4.98 Å². The van der Waals surface area contributed by atoms with Crippen LogP contribution >= 0.6 is 0 Å². The summed E-state index contributed by atoms with van der Waals surface area (Å²) < 4.78 is 20.1. The molecule has 3 nitrogen and oxygen atoms in total. The molecule has 1 unspecified atom stereocenters. The third-order valence-corrected chi connectivity index (χ3v) is 5.33. The monoisotopic (exact) mass is 341 g/mol. The van der Waals surface area contributed by atoms with E-state index in [1.165, 1.54) is 19.3 Å². The fourth-order valence-electron chi connectivity index (χ4n) is 3.95. The highest BCUT2D eigenvalue weighted by Crippen LogP contribution is 2.32. The van der Waals surface area contributed by atoms with Crippen molar-refractivity contribution in [3.8, 4) is 11.1 Å². The predicted molar refractivity (Wildman–Crippen MR) is 94.6 cm³/mol. The average molecular weight is 341 g/mol. The molecule has 1 aromatic carbocycles. The van der Waals surface area contributed by atoms with Crippen LogP contribution in [-0.2, 0) is 17.8 Å². The molecule has 1 saturated carbocycles. The largest absolute Gasteiger partial charge is 0.387 e. The fourth-order valence-corrected chi connectivity index (χ4v) is 3.95. The highest BCUT2D eigenvalue weighted by molar-refractivity contribution is 5.65. The number of aryl methyl sites for hydroxylation is 1. The molecule has 2 aliphatic carbocycles. The third kappa shape index (κ3) is 3.75. The molecule has 132 valence electrons. The number of aromatic nitrogens is 1. The first kappa shape index (κ1) is 16.7. The van der Waals surface area contributed by atoms with Gasteiger partial charge in [-0.1, -0.05) is 19.3 Å². The van der Waals surface area contributed by atoms with Gasteiger partial charge in [0.25, 0.3) is 0 Å². The van der Waals surface area contributed by atoms with E-state index in [0.29, 0.717) is 12.7 Å². The van der Waals surface area contributed by atoms with Crippen molar-refractivity contribution in [1.29, 1.82) is 0 Å². The van der Waals surface area contributed by atoms with Gasteiger partial charge in [-0.3, -0.25) is 4.98 Å². The second-order valence-electron chi connectivity index (χ2n) is 7.24. The molecule has 1 atom stereocenters. The van der Waals surface area contributed by atoms with Crippen LogP contribution in [0, 0.1) is 5.82 Å². The molecule has 0 spiro atoms. The lowest BCUT2D eigenvalue weighted by Crippen LogP contribution is -2.16. The molecule has 1 N–H and O–H groups in total. The molecule has 0 radical (unpaired) electrons. The van der Waals surface area contributed by atoms with Crippen molar-refractivity contribution in [3.63, 3.8) is 0 Å². The van der Waals surface area contributed by atoms with E-state index in [9.17, 15) is 9.50 Å². The first-order valence-electron chi connectivity index (χ1n) is 9.27. The van der Waals surface area contributed by atoms with Crippen molar-refractivity contribution < 1.29 is 14.2 Å². The number of hydrogen-bond donors (Lipinski definition) is 1. The van der Waals surface area contributed by atoms with Crippen LogP contribution in [0.25, 0.3) is 11.1 Å². The van der Waals surface area contributed by atoms with Gasteiger partial charge in [0.15, 0.2) is 0 Å². The number of halogens is 1. The zero-order chi connectivity index (χ0) is 17.2. The summed E-state index contributed by atoms with van der Waals surface area (Å²) in [5, 5.41) is 9.89. The SMILES string of the molecule is OC1CCc2cc(-c3cc(F)cc(COC4CCCCC4)c3)cnc21. The standard InChI is InChI=1S/C21H24FNO2/c22-18-9-14(13-25-19-4-2-1-3-5-19)8-16(11-18)17-10-15-6-7-20(24)21(15)23-12-17/h8-12,19-20,24H,1-7,13H2. The molecule has 0 amide bonds. The van der Waals surface area contributed by atoms with Gasteiger partial charge in [0, 0.05) is 11.8 Å². The Morgan fingerprint density at radius 1 is 1.04 bits per heavy atom. The zero-order valence-electron chi connectivity index (χ0n) is 14.4. The van der Waals surface area contributed by atoms with Crippen molar-refractivity contribution in [2.24, 2.45) is 0 Å². The summed E-state index contributed by atoms with van der Waals surface area (Å²) in [4.78, 5) is 4.39. The van der Waals surface area contributed by atoms with Gasteiger partial charge < -0.3 is 9.84 Å². The zero-order valence-corrected chi connectivity index (χ0v) is 14.4. The molecule has 1 aromatic heterocycles. The topological polar surface area (TPSA) is 42.4 Å². The predicted octanol–water partition coefficient (Wildman–Crippen LogP) is 4.72. The van der Waals surface area contributed by atoms with Gasteiger partial charge in [0.2, 0.25) is 0 Å². The summed E-state index contributed by atoms with van der Waals surface area (Å²) in [5.74, 6) is -0.250. The number of aliphatic hydroxyl groups is 1. The maximum atomic E-state index is 14.1. The smallest absolute Gasteiger partial charge is 0.124 e. The Morgan fingerprint density at radius 3 is 2.72 bits per heavy atom. The number of fused-ring (bicyclic) bond motifs is 1. The quantitative estimate of drug-likeness (QED) is 0.875. The Bertz CT molecular complexity index is 756. The summed E-state index contributed by atoms with van der Waals surface area (Å²) in [6, 6.07) is 7.11. The molecular weight excluding hydrogens is 317 g/mol. The number of hydrogen-bond acceptors (Lipinski definition) is 3. The second-order valence-corrected chi connectivity index (χ2v) is 7.24. The number of pyridine rings is 1. The van der Waals surface area contributed by atoms with Crippen LogP contribution in [0.1, 0.15) is 61.4 Å². The Labute approximate surface area is 147 Å². The second kappa shape index (κ2) is 7.22. The van der Waals surface area contributed by atoms with Crippen LogP contribution in [0.5, 0.6) is 0 Å². The molecule has 25 heavy (non-hydrogen) atoms.